The molecule has 0 heterocycles. The molecule has 2 aromatic carbocycles. The highest BCUT2D eigenvalue weighted by molar-refractivity contribution is 8.00. The fourth-order valence-electron chi connectivity index (χ4n) is 1.70. The molecule has 0 aliphatic carbocycles. The molecule has 1 amide bonds. The van der Waals surface area contributed by atoms with Crippen LogP contribution in [-0.4, -0.2) is 5.91 Å². The number of carbonyl (C=O) groups is 1. The molecule has 98 valence electrons. The first-order valence-corrected chi connectivity index (χ1v) is 6.66. The van der Waals surface area contributed by atoms with Gasteiger partial charge in [-0.15, -0.1) is 11.8 Å². The molecule has 2 aromatic rings. The fourth-order valence-corrected chi connectivity index (χ4v) is 2.80. The molecule has 2 rings (SSSR count). The van der Waals surface area contributed by atoms with E-state index in [1.807, 2.05) is 54.6 Å². The van der Waals surface area contributed by atoms with Crippen molar-refractivity contribution in [3.63, 3.8) is 0 Å². The first kappa shape index (κ1) is 13.5. The number of nitrogen functional groups attached to an aromatic ring is 1. The number of hydrogen-bond acceptors (Lipinski definition) is 4. The molecule has 19 heavy (non-hydrogen) atoms. The van der Waals surface area contributed by atoms with E-state index in [9.17, 15) is 4.79 Å². The van der Waals surface area contributed by atoms with Crippen LogP contribution in [0.25, 0.3) is 0 Å². The van der Waals surface area contributed by atoms with Crippen LogP contribution in [0.4, 0.5) is 5.69 Å². The van der Waals surface area contributed by atoms with Crippen molar-refractivity contribution in [2.24, 2.45) is 5.84 Å². The number of carbonyl (C=O) groups excluding carboxylic acids is 1. The number of thioether (sulfide) groups is 1. The Hall–Kier alpha value is -1.98. The molecule has 1 atom stereocenters. The van der Waals surface area contributed by atoms with Gasteiger partial charge >= 0.3 is 0 Å². The van der Waals surface area contributed by atoms with Crippen LogP contribution >= 0.6 is 11.8 Å². The molecule has 4 nitrogen and oxygen atoms in total. The van der Waals surface area contributed by atoms with Gasteiger partial charge < -0.3 is 5.73 Å². The molecule has 0 spiro atoms. The second-order valence-electron chi connectivity index (χ2n) is 3.99. The molecule has 0 saturated carbocycles. The zero-order valence-electron chi connectivity index (χ0n) is 10.2. The van der Waals surface area contributed by atoms with Crippen molar-refractivity contribution in [2.45, 2.75) is 10.1 Å². The largest absolute Gasteiger partial charge is 0.399 e. The Kier molecular flexibility index (Phi) is 4.43. The van der Waals surface area contributed by atoms with Crippen molar-refractivity contribution >= 4 is 23.4 Å². The first-order chi connectivity index (χ1) is 9.20. The normalized spacial score (nSPS) is 11.8. The van der Waals surface area contributed by atoms with Gasteiger partial charge in [0.2, 0.25) is 0 Å². The van der Waals surface area contributed by atoms with Crippen LogP contribution in [0.5, 0.6) is 0 Å². The van der Waals surface area contributed by atoms with E-state index in [0.717, 1.165) is 10.5 Å². The molecule has 0 aliphatic rings. The molecular weight excluding hydrogens is 258 g/mol. The predicted octanol–water partition coefficient (Wildman–Crippen LogP) is 2.09. The van der Waals surface area contributed by atoms with Gasteiger partial charge in [0.1, 0.15) is 5.25 Å². The third-order valence-electron chi connectivity index (χ3n) is 2.59. The van der Waals surface area contributed by atoms with Gasteiger partial charge in [-0.3, -0.25) is 10.2 Å². The zero-order valence-corrected chi connectivity index (χ0v) is 11.1. The highest BCUT2D eigenvalue weighted by atomic mass is 32.2. The lowest BCUT2D eigenvalue weighted by Gasteiger charge is -2.15. The van der Waals surface area contributed by atoms with E-state index >= 15 is 0 Å². The van der Waals surface area contributed by atoms with Gasteiger partial charge in [0, 0.05) is 10.6 Å². The maximum atomic E-state index is 11.9. The minimum absolute atomic E-state index is 0.237. The first-order valence-electron chi connectivity index (χ1n) is 5.78. The maximum absolute atomic E-state index is 11.9. The van der Waals surface area contributed by atoms with Crippen LogP contribution in [0, 0.1) is 0 Å². The minimum atomic E-state index is -0.395. The summed E-state index contributed by atoms with van der Waals surface area (Å²) in [5.41, 5.74) is 9.52. The number of anilines is 1. The van der Waals surface area contributed by atoms with Crippen molar-refractivity contribution in [1.82, 2.24) is 5.43 Å². The second-order valence-corrected chi connectivity index (χ2v) is 5.17. The van der Waals surface area contributed by atoms with Crippen molar-refractivity contribution < 1.29 is 4.79 Å². The Morgan fingerprint density at radius 3 is 2.47 bits per heavy atom. The van der Waals surface area contributed by atoms with Crippen molar-refractivity contribution in [2.75, 3.05) is 5.73 Å². The van der Waals surface area contributed by atoms with Crippen molar-refractivity contribution in [3.8, 4) is 0 Å². The summed E-state index contributed by atoms with van der Waals surface area (Å²) >= 11 is 1.42. The Balaban J connectivity index is 2.27. The molecule has 5 N–H and O–H groups in total. The van der Waals surface area contributed by atoms with Gasteiger partial charge in [0.25, 0.3) is 5.91 Å². The lowest BCUT2D eigenvalue weighted by Crippen LogP contribution is -2.33. The Bertz CT molecular complexity index is 560. The lowest BCUT2D eigenvalue weighted by molar-refractivity contribution is -0.120. The summed E-state index contributed by atoms with van der Waals surface area (Å²) in [6, 6.07) is 16.9. The molecule has 0 radical (unpaired) electrons. The fraction of sp³-hybridized carbons (Fsp3) is 0.0714. The molecule has 0 aliphatic heterocycles. The van der Waals surface area contributed by atoms with E-state index in [4.69, 9.17) is 11.6 Å². The van der Waals surface area contributed by atoms with Gasteiger partial charge in [-0.25, -0.2) is 5.84 Å². The van der Waals surface area contributed by atoms with Crippen LogP contribution in [0.1, 0.15) is 10.8 Å². The molecule has 0 saturated heterocycles. The van der Waals surface area contributed by atoms with Gasteiger partial charge in [-0.2, -0.15) is 0 Å². The zero-order chi connectivity index (χ0) is 13.7. The lowest BCUT2D eigenvalue weighted by atomic mass is 10.1. The molecule has 0 aromatic heterocycles. The highest BCUT2D eigenvalue weighted by Crippen LogP contribution is 2.35. The van der Waals surface area contributed by atoms with Crippen LogP contribution < -0.4 is 17.0 Å². The molecule has 0 fully saturated rings. The summed E-state index contributed by atoms with van der Waals surface area (Å²) in [6.07, 6.45) is 0. The van der Waals surface area contributed by atoms with Crippen LogP contribution in [0.3, 0.4) is 0 Å². The van der Waals surface area contributed by atoms with E-state index < -0.39 is 5.25 Å². The summed E-state index contributed by atoms with van der Waals surface area (Å²) in [7, 11) is 0. The number of nitrogens with two attached hydrogens (primary N) is 2. The van der Waals surface area contributed by atoms with Gasteiger partial charge in [0.05, 0.1) is 0 Å². The molecule has 5 heteroatoms. The van der Waals surface area contributed by atoms with Crippen molar-refractivity contribution in [1.29, 1.82) is 0 Å². The average Bonchev–Trinajstić information content (AvgIpc) is 2.45. The van der Waals surface area contributed by atoms with E-state index in [1.54, 1.807) is 0 Å². The van der Waals surface area contributed by atoms with Crippen molar-refractivity contribution in [3.05, 3.63) is 60.2 Å². The van der Waals surface area contributed by atoms with Crippen LogP contribution in [0.2, 0.25) is 0 Å². The number of hydrazine groups is 1. The minimum Gasteiger partial charge on any atom is -0.399 e. The summed E-state index contributed by atoms with van der Waals surface area (Å²) in [5, 5.41) is -0.395. The number of hydrogen-bond donors (Lipinski definition) is 3. The van der Waals surface area contributed by atoms with E-state index in [-0.39, 0.29) is 5.91 Å². The molecule has 0 bridgehead atoms. The Morgan fingerprint density at radius 1 is 1.11 bits per heavy atom. The quantitative estimate of drug-likeness (QED) is 0.262. The molecular formula is C14H15N3OS. The number of rotatable bonds is 4. The third-order valence-corrected chi connectivity index (χ3v) is 3.84. The monoisotopic (exact) mass is 273 g/mol. The smallest absolute Gasteiger partial charge is 0.251 e. The van der Waals surface area contributed by atoms with Gasteiger partial charge in [-0.05, 0) is 23.8 Å². The summed E-state index contributed by atoms with van der Waals surface area (Å²) < 4.78 is 0. The topological polar surface area (TPSA) is 81.1 Å². The second kappa shape index (κ2) is 6.26. The van der Waals surface area contributed by atoms with Crippen LogP contribution in [-0.2, 0) is 4.79 Å². The van der Waals surface area contributed by atoms with Gasteiger partial charge in [0.15, 0.2) is 0 Å². The van der Waals surface area contributed by atoms with Crippen LogP contribution in [0.15, 0.2) is 59.5 Å². The Labute approximate surface area is 116 Å². The third kappa shape index (κ3) is 3.49. The Morgan fingerprint density at radius 2 is 1.84 bits per heavy atom. The number of nitrogens with one attached hydrogen (secondary N) is 1. The highest BCUT2D eigenvalue weighted by Gasteiger charge is 2.20. The van der Waals surface area contributed by atoms with E-state index in [2.05, 4.69) is 5.43 Å². The number of benzene rings is 2. The van der Waals surface area contributed by atoms with Gasteiger partial charge in [-0.1, -0.05) is 36.4 Å². The van der Waals surface area contributed by atoms with E-state index in [0.29, 0.717) is 5.69 Å². The standard InChI is InChI=1S/C14H15N3OS/c15-11-7-4-8-12(9-11)19-13(14(18)17-16)10-5-2-1-3-6-10/h1-9,13H,15-16H2,(H,17,18). The average molecular weight is 273 g/mol. The maximum Gasteiger partial charge on any atom is 0.251 e. The summed E-state index contributed by atoms with van der Waals surface area (Å²) in [4.78, 5) is 12.8. The predicted molar refractivity (Wildman–Crippen MR) is 78.2 cm³/mol. The summed E-state index contributed by atoms with van der Waals surface area (Å²) in [5.74, 6) is 5.02. The number of amides is 1. The summed E-state index contributed by atoms with van der Waals surface area (Å²) in [6.45, 7) is 0. The SMILES string of the molecule is NNC(=O)C(Sc1cccc(N)c1)c1ccccc1. The molecule has 1 unspecified atom stereocenters. The van der Waals surface area contributed by atoms with E-state index in [1.165, 1.54) is 11.8 Å².